The van der Waals surface area contributed by atoms with Crippen LogP contribution in [0.15, 0.2) is 57.9 Å². The van der Waals surface area contributed by atoms with Gasteiger partial charge in [0.1, 0.15) is 5.82 Å². The predicted octanol–water partition coefficient (Wildman–Crippen LogP) is 3.62. The Hall–Kier alpha value is -2.71. The topological polar surface area (TPSA) is 62.5 Å². The van der Waals surface area contributed by atoms with E-state index in [2.05, 4.69) is 15.0 Å². The van der Waals surface area contributed by atoms with Crippen molar-refractivity contribution >= 4 is 17.7 Å². The van der Waals surface area contributed by atoms with Gasteiger partial charge in [0.2, 0.25) is 17.6 Å². The summed E-state index contributed by atoms with van der Waals surface area (Å²) >= 11 is 1.24. The predicted molar refractivity (Wildman–Crippen MR) is 113 cm³/mol. The number of aromatic nitrogens is 2. The number of rotatable bonds is 6. The van der Waals surface area contributed by atoms with Gasteiger partial charge in [-0.1, -0.05) is 47.1 Å². The first-order chi connectivity index (χ1) is 14.6. The second-order valence-electron chi connectivity index (χ2n) is 7.25. The highest BCUT2D eigenvalue weighted by Gasteiger charge is 2.23. The van der Waals surface area contributed by atoms with Gasteiger partial charge in [0.15, 0.2) is 0 Å². The maximum absolute atomic E-state index is 13.7. The summed E-state index contributed by atoms with van der Waals surface area (Å²) in [7, 11) is 0. The molecule has 1 saturated heterocycles. The summed E-state index contributed by atoms with van der Waals surface area (Å²) in [6.07, 6.45) is 0. The summed E-state index contributed by atoms with van der Waals surface area (Å²) in [5.74, 6) is 1.14. The molecule has 4 rings (SSSR count). The fourth-order valence-corrected chi connectivity index (χ4v) is 4.12. The Bertz CT molecular complexity index is 1000. The van der Waals surface area contributed by atoms with Crippen LogP contribution in [-0.4, -0.2) is 57.8 Å². The number of hydrogen-bond acceptors (Lipinski definition) is 6. The van der Waals surface area contributed by atoms with Gasteiger partial charge >= 0.3 is 0 Å². The molecule has 0 saturated carbocycles. The molecule has 1 aliphatic rings. The van der Waals surface area contributed by atoms with Gasteiger partial charge in [0, 0.05) is 36.6 Å². The second-order valence-corrected chi connectivity index (χ2v) is 8.27. The molecule has 0 bridgehead atoms. The number of amides is 1. The number of benzene rings is 2. The van der Waals surface area contributed by atoms with E-state index in [-0.39, 0.29) is 17.5 Å². The van der Waals surface area contributed by atoms with E-state index in [1.54, 1.807) is 18.2 Å². The zero-order valence-corrected chi connectivity index (χ0v) is 17.6. The monoisotopic (exact) mass is 426 g/mol. The van der Waals surface area contributed by atoms with E-state index in [0.717, 1.165) is 18.7 Å². The number of carbonyl (C=O) groups excluding carboxylic acids is 1. The number of halogens is 1. The smallest absolute Gasteiger partial charge is 0.241 e. The van der Waals surface area contributed by atoms with Crippen LogP contribution in [0.3, 0.4) is 0 Å². The quantitative estimate of drug-likeness (QED) is 0.561. The average Bonchev–Trinajstić information content (AvgIpc) is 3.22. The molecular formula is C22H23FN4O2S. The van der Waals surface area contributed by atoms with Gasteiger partial charge in [0.05, 0.1) is 12.3 Å². The zero-order valence-electron chi connectivity index (χ0n) is 16.8. The molecule has 6 nitrogen and oxygen atoms in total. The van der Waals surface area contributed by atoms with Gasteiger partial charge in [-0.2, -0.15) is 4.98 Å². The molecule has 0 unspecified atom stereocenters. The summed E-state index contributed by atoms with van der Waals surface area (Å²) < 4.78 is 19.1. The summed E-state index contributed by atoms with van der Waals surface area (Å²) in [5.41, 5.74) is 2.11. The lowest BCUT2D eigenvalue weighted by Crippen LogP contribution is -2.48. The van der Waals surface area contributed by atoms with Crippen LogP contribution in [-0.2, 0) is 11.3 Å². The summed E-state index contributed by atoms with van der Waals surface area (Å²) in [5, 5.41) is 4.07. The second kappa shape index (κ2) is 9.40. The van der Waals surface area contributed by atoms with Crippen LogP contribution < -0.4 is 0 Å². The van der Waals surface area contributed by atoms with Crippen molar-refractivity contribution in [1.82, 2.24) is 19.9 Å². The Balaban J connectivity index is 1.25. The minimum atomic E-state index is -0.287. The van der Waals surface area contributed by atoms with Gasteiger partial charge < -0.3 is 9.42 Å². The lowest BCUT2D eigenvalue weighted by Gasteiger charge is -2.33. The van der Waals surface area contributed by atoms with E-state index in [9.17, 15) is 9.18 Å². The van der Waals surface area contributed by atoms with Crippen LogP contribution in [0.1, 0.15) is 11.5 Å². The third kappa shape index (κ3) is 5.06. The average molecular weight is 427 g/mol. The molecule has 156 valence electrons. The summed E-state index contributed by atoms with van der Waals surface area (Å²) in [6.45, 7) is 5.33. The highest BCUT2D eigenvalue weighted by molar-refractivity contribution is 8.00. The fraction of sp³-hybridized carbons (Fsp3) is 0.318. The number of nitrogens with zero attached hydrogens (tertiary/aromatic N) is 4. The molecule has 1 aromatic heterocycles. The Morgan fingerprint density at radius 1 is 1.10 bits per heavy atom. The van der Waals surface area contributed by atoms with Crippen molar-refractivity contribution in [2.45, 2.75) is 18.4 Å². The van der Waals surface area contributed by atoms with Crippen molar-refractivity contribution in [2.75, 3.05) is 31.9 Å². The lowest BCUT2D eigenvalue weighted by atomic mass is 10.1. The first-order valence-corrected chi connectivity index (χ1v) is 10.8. The third-order valence-corrected chi connectivity index (χ3v) is 6.08. The maximum atomic E-state index is 13.7. The van der Waals surface area contributed by atoms with Crippen LogP contribution in [0.2, 0.25) is 0 Å². The number of thioether (sulfide) groups is 1. The molecule has 3 aromatic rings. The van der Waals surface area contributed by atoms with Gasteiger partial charge in [-0.3, -0.25) is 9.69 Å². The Morgan fingerprint density at radius 3 is 2.57 bits per heavy atom. The van der Waals surface area contributed by atoms with Crippen molar-refractivity contribution in [3.05, 3.63) is 65.8 Å². The van der Waals surface area contributed by atoms with E-state index in [4.69, 9.17) is 4.52 Å². The Morgan fingerprint density at radius 2 is 1.83 bits per heavy atom. The molecule has 0 radical (unpaired) electrons. The van der Waals surface area contributed by atoms with Crippen molar-refractivity contribution < 1.29 is 13.7 Å². The third-order valence-electron chi connectivity index (χ3n) is 5.05. The standard InChI is InChI=1S/C22H23FN4O2S/c1-16-6-8-17(9-7-16)22-24-20(29-25-22)14-26-10-12-27(13-11-26)21(28)15-30-19-5-3-2-4-18(19)23/h2-9H,10-15H2,1H3. The first kappa shape index (κ1) is 20.6. The van der Waals surface area contributed by atoms with Crippen LogP contribution in [0.25, 0.3) is 11.4 Å². The van der Waals surface area contributed by atoms with Crippen LogP contribution >= 0.6 is 11.8 Å². The highest BCUT2D eigenvalue weighted by Crippen LogP contribution is 2.22. The van der Waals surface area contributed by atoms with Crippen LogP contribution in [0.4, 0.5) is 4.39 Å². The molecule has 0 atom stereocenters. The molecule has 1 amide bonds. The van der Waals surface area contributed by atoms with Crippen molar-refractivity contribution in [1.29, 1.82) is 0 Å². The molecule has 2 aromatic carbocycles. The Labute approximate surface area is 179 Å². The number of hydrogen-bond donors (Lipinski definition) is 0. The van der Waals surface area contributed by atoms with Crippen LogP contribution in [0.5, 0.6) is 0 Å². The highest BCUT2D eigenvalue weighted by atomic mass is 32.2. The summed E-state index contributed by atoms with van der Waals surface area (Å²) in [6, 6.07) is 14.5. The van der Waals surface area contributed by atoms with Crippen LogP contribution in [0, 0.1) is 12.7 Å². The van der Waals surface area contributed by atoms with E-state index in [1.165, 1.54) is 23.4 Å². The molecule has 30 heavy (non-hydrogen) atoms. The summed E-state index contributed by atoms with van der Waals surface area (Å²) in [4.78, 5) is 21.5. The minimum absolute atomic E-state index is 0.0300. The fourth-order valence-electron chi connectivity index (χ4n) is 3.28. The molecule has 0 N–H and O–H groups in total. The number of carbonyl (C=O) groups is 1. The van der Waals surface area contributed by atoms with Gasteiger partial charge in [-0.05, 0) is 19.1 Å². The zero-order chi connectivity index (χ0) is 20.9. The maximum Gasteiger partial charge on any atom is 0.241 e. The molecular weight excluding hydrogens is 403 g/mol. The van der Waals surface area contributed by atoms with E-state index in [1.807, 2.05) is 36.1 Å². The Kier molecular flexibility index (Phi) is 6.44. The van der Waals surface area contributed by atoms with E-state index >= 15 is 0 Å². The number of piperazine rings is 1. The lowest BCUT2D eigenvalue weighted by molar-refractivity contribution is -0.130. The normalized spacial score (nSPS) is 14.8. The molecule has 0 aliphatic carbocycles. The minimum Gasteiger partial charge on any atom is -0.339 e. The number of aryl methyl sites for hydroxylation is 1. The van der Waals surface area contributed by atoms with E-state index in [0.29, 0.717) is 36.2 Å². The van der Waals surface area contributed by atoms with Crippen molar-refractivity contribution in [3.63, 3.8) is 0 Å². The molecule has 0 spiro atoms. The van der Waals surface area contributed by atoms with E-state index < -0.39 is 0 Å². The van der Waals surface area contributed by atoms with Crippen molar-refractivity contribution in [2.24, 2.45) is 0 Å². The molecule has 1 fully saturated rings. The largest absolute Gasteiger partial charge is 0.339 e. The SMILES string of the molecule is Cc1ccc(-c2noc(CN3CCN(C(=O)CSc4ccccc4F)CC3)n2)cc1. The van der Waals surface area contributed by atoms with Crippen molar-refractivity contribution in [3.8, 4) is 11.4 Å². The molecule has 8 heteroatoms. The molecule has 2 heterocycles. The first-order valence-electron chi connectivity index (χ1n) is 9.85. The van der Waals surface area contributed by atoms with Gasteiger partial charge in [0.25, 0.3) is 0 Å². The van der Waals surface area contributed by atoms with Gasteiger partial charge in [-0.25, -0.2) is 4.39 Å². The molecule has 1 aliphatic heterocycles. The van der Waals surface area contributed by atoms with Gasteiger partial charge in [-0.15, -0.1) is 11.8 Å².